The number of pyridine rings is 1. The fourth-order valence-electron chi connectivity index (χ4n) is 2.86. The van der Waals surface area contributed by atoms with Gasteiger partial charge in [0.2, 0.25) is 0 Å². The summed E-state index contributed by atoms with van der Waals surface area (Å²) >= 11 is 0. The van der Waals surface area contributed by atoms with E-state index in [1.54, 1.807) is 24.5 Å². The molecule has 6 nitrogen and oxygen atoms in total. The van der Waals surface area contributed by atoms with Gasteiger partial charge < -0.3 is 10.0 Å². The number of non-ortho nitro benzene ring substituents is 1. The largest absolute Gasteiger partial charge is 0.391 e. The zero-order chi connectivity index (χ0) is 15.0. The Labute approximate surface area is 122 Å². The van der Waals surface area contributed by atoms with Crippen molar-refractivity contribution in [1.29, 1.82) is 0 Å². The van der Waals surface area contributed by atoms with Crippen LogP contribution in [-0.4, -0.2) is 34.2 Å². The van der Waals surface area contributed by atoms with E-state index in [9.17, 15) is 15.2 Å². The number of aliphatic hydroxyl groups excluding tert-OH is 1. The van der Waals surface area contributed by atoms with Crippen molar-refractivity contribution < 1.29 is 10.0 Å². The van der Waals surface area contributed by atoms with Gasteiger partial charge in [0.15, 0.2) is 0 Å². The Hall–Kier alpha value is -2.21. The highest BCUT2D eigenvalue weighted by Gasteiger charge is 2.26. The van der Waals surface area contributed by atoms with Crippen LogP contribution < -0.4 is 4.90 Å². The first-order valence-electron chi connectivity index (χ1n) is 7.02. The van der Waals surface area contributed by atoms with Gasteiger partial charge in [-0.1, -0.05) is 6.92 Å². The summed E-state index contributed by atoms with van der Waals surface area (Å²) in [7, 11) is 0. The van der Waals surface area contributed by atoms with Crippen molar-refractivity contribution in [1.82, 2.24) is 4.98 Å². The lowest BCUT2D eigenvalue weighted by Gasteiger charge is -2.36. The van der Waals surface area contributed by atoms with Crippen LogP contribution in [0.2, 0.25) is 0 Å². The molecule has 0 bridgehead atoms. The maximum atomic E-state index is 11.1. The lowest BCUT2D eigenvalue weighted by molar-refractivity contribution is -0.383. The number of rotatable bonds is 2. The SMILES string of the molecule is CC1CCN(c2ccc([N+](=O)[O-])c3ccncc23)CC1O. The minimum Gasteiger partial charge on any atom is -0.391 e. The highest BCUT2D eigenvalue weighted by molar-refractivity contribution is 5.99. The fraction of sp³-hybridized carbons (Fsp3) is 0.400. The monoisotopic (exact) mass is 287 g/mol. The van der Waals surface area contributed by atoms with Crippen LogP contribution in [0.5, 0.6) is 0 Å². The molecule has 2 aromatic rings. The summed E-state index contributed by atoms with van der Waals surface area (Å²) in [6.07, 6.45) is 3.74. The van der Waals surface area contributed by atoms with E-state index in [2.05, 4.69) is 9.88 Å². The maximum Gasteiger partial charge on any atom is 0.277 e. The Bertz CT molecular complexity index is 689. The molecule has 0 saturated carbocycles. The second-order valence-electron chi connectivity index (χ2n) is 5.56. The van der Waals surface area contributed by atoms with E-state index in [-0.39, 0.29) is 22.6 Å². The zero-order valence-electron chi connectivity index (χ0n) is 11.8. The van der Waals surface area contributed by atoms with Crippen LogP contribution in [0.3, 0.4) is 0 Å². The van der Waals surface area contributed by atoms with Gasteiger partial charge >= 0.3 is 0 Å². The third-order valence-corrected chi connectivity index (χ3v) is 4.23. The maximum absolute atomic E-state index is 11.1. The first-order chi connectivity index (χ1) is 10.1. The summed E-state index contributed by atoms with van der Waals surface area (Å²) < 4.78 is 0. The average Bonchev–Trinajstić information content (AvgIpc) is 2.49. The summed E-state index contributed by atoms with van der Waals surface area (Å²) in [5, 5.41) is 22.5. The number of nitro benzene ring substituents is 1. The summed E-state index contributed by atoms with van der Waals surface area (Å²) in [6.45, 7) is 3.42. The lowest BCUT2D eigenvalue weighted by Crippen LogP contribution is -2.43. The minimum atomic E-state index is -0.376. The fourth-order valence-corrected chi connectivity index (χ4v) is 2.86. The van der Waals surface area contributed by atoms with E-state index < -0.39 is 0 Å². The Kier molecular flexibility index (Phi) is 3.47. The Balaban J connectivity index is 2.08. The van der Waals surface area contributed by atoms with Crippen LogP contribution in [-0.2, 0) is 0 Å². The number of piperidine rings is 1. The first kappa shape index (κ1) is 13.8. The molecular formula is C15H17N3O3. The second kappa shape index (κ2) is 5.29. The molecule has 6 heteroatoms. The standard InChI is InChI=1S/C15H17N3O3/c1-10-5-7-17(9-15(10)19)13-2-3-14(18(20)21)11-4-6-16-8-12(11)13/h2-4,6,8,10,15,19H,5,7,9H2,1H3. The van der Waals surface area contributed by atoms with E-state index in [1.807, 2.05) is 6.92 Å². The summed E-state index contributed by atoms with van der Waals surface area (Å²) in [5.41, 5.74) is 0.983. The van der Waals surface area contributed by atoms with Crippen molar-refractivity contribution in [2.24, 2.45) is 5.92 Å². The number of benzene rings is 1. The van der Waals surface area contributed by atoms with Crippen LogP contribution in [0.4, 0.5) is 11.4 Å². The van der Waals surface area contributed by atoms with E-state index in [0.717, 1.165) is 24.0 Å². The second-order valence-corrected chi connectivity index (χ2v) is 5.56. The summed E-state index contributed by atoms with van der Waals surface area (Å²) in [5.74, 6) is 0.281. The zero-order valence-corrected chi connectivity index (χ0v) is 11.8. The molecule has 1 saturated heterocycles. The van der Waals surface area contributed by atoms with E-state index in [1.165, 1.54) is 6.07 Å². The number of anilines is 1. The summed E-state index contributed by atoms with van der Waals surface area (Å²) in [6, 6.07) is 4.95. The highest BCUT2D eigenvalue weighted by Crippen LogP contribution is 2.34. The van der Waals surface area contributed by atoms with E-state index >= 15 is 0 Å². The van der Waals surface area contributed by atoms with Crippen LogP contribution >= 0.6 is 0 Å². The van der Waals surface area contributed by atoms with E-state index in [0.29, 0.717) is 11.9 Å². The Morgan fingerprint density at radius 1 is 1.38 bits per heavy atom. The molecule has 2 unspecified atom stereocenters. The molecule has 0 radical (unpaired) electrons. The van der Waals surface area contributed by atoms with Crippen LogP contribution in [0.15, 0.2) is 30.6 Å². The lowest BCUT2D eigenvalue weighted by atomic mass is 9.95. The predicted molar refractivity (Wildman–Crippen MR) is 80.4 cm³/mol. The third-order valence-electron chi connectivity index (χ3n) is 4.23. The number of aliphatic hydroxyl groups is 1. The van der Waals surface area contributed by atoms with Crippen LogP contribution in [0.1, 0.15) is 13.3 Å². The number of β-amino-alcohol motifs (C(OH)–C–C–N with tert-alkyl or cyclic N) is 1. The highest BCUT2D eigenvalue weighted by atomic mass is 16.6. The number of hydrogen-bond donors (Lipinski definition) is 1. The van der Waals surface area contributed by atoms with Gasteiger partial charge in [0.05, 0.1) is 16.4 Å². The van der Waals surface area contributed by atoms with Crippen molar-refractivity contribution >= 4 is 22.1 Å². The number of hydrogen-bond acceptors (Lipinski definition) is 5. The van der Waals surface area contributed by atoms with Crippen molar-refractivity contribution in [3.8, 4) is 0 Å². The quantitative estimate of drug-likeness (QED) is 0.677. The molecule has 2 heterocycles. The van der Waals surface area contributed by atoms with Gasteiger partial charge in [-0.3, -0.25) is 15.1 Å². The molecule has 21 heavy (non-hydrogen) atoms. The third kappa shape index (κ3) is 2.42. The van der Waals surface area contributed by atoms with Crippen LogP contribution in [0.25, 0.3) is 10.8 Å². The molecular weight excluding hydrogens is 270 g/mol. The average molecular weight is 287 g/mol. The van der Waals surface area contributed by atoms with E-state index in [4.69, 9.17) is 0 Å². The number of nitro groups is 1. The predicted octanol–water partition coefficient (Wildman–Crippen LogP) is 2.35. The molecule has 0 spiro atoms. The first-order valence-corrected chi connectivity index (χ1v) is 7.02. The van der Waals surface area contributed by atoms with Gasteiger partial charge in [-0.25, -0.2) is 0 Å². The smallest absolute Gasteiger partial charge is 0.277 e. The topological polar surface area (TPSA) is 79.5 Å². The van der Waals surface area contributed by atoms with Gasteiger partial charge in [0.25, 0.3) is 5.69 Å². The molecule has 2 atom stereocenters. The molecule has 1 N–H and O–H groups in total. The molecule has 1 aromatic carbocycles. The van der Waals surface area contributed by atoms with Crippen molar-refractivity contribution in [3.05, 3.63) is 40.7 Å². The minimum absolute atomic E-state index is 0.0853. The van der Waals surface area contributed by atoms with Crippen molar-refractivity contribution in [2.45, 2.75) is 19.4 Å². The van der Waals surface area contributed by atoms with Crippen LogP contribution in [0, 0.1) is 16.0 Å². The molecule has 110 valence electrons. The molecule has 0 aliphatic carbocycles. The molecule has 1 fully saturated rings. The Morgan fingerprint density at radius 2 is 2.19 bits per heavy atom. The Morgan fingerprint density at radius 3 is 2.90 bits per heavy atom. The summed E-state index contributed by atoms with van der Waals surface area (Å²) in [4.78, 5) is 16.9. The van der Waals surface area contributed by atoms with Crippen molar-refractivity contribution in [2.75, 3.05) is 18.0 Å². The van der Waals surface area contributed by atoms with Gasteiger partial charge in [-0.15, -0.1) is 0 Å². The molecule has 1 aromatic heterocycles. The molecule has 3 rings (SSSR count). The number of fused-ring (bicyclic) bond motifs is 1. The number of nitrogens with zero attached hydrogens (tertiary/aromatic N) is 3. The normalized spacial score (nSPS) is 22.5. The molecule has 1 aliphatic rings. The molecule has 1 aliphatic heterocycles. The van der Waals surface area contributed by atoms with Crippen molar-refractivity contribution in [3.63, 3.8) is 0 Å². The number of aromatic nitrogens is 1. The molecule has 0 amide bonds. The van der Waals surface area contributed by atoms with Gasteiger partial charge in [-0.05, 0) is 24.5 Å². The van der Waals surface area contributed by atoms with Gasteiger partial charge in [-0.2, -0.15) is 0 Å². The van der Waals surface area contributed by atoms with Gasteiger partial charge in [0, 0.05) is 42.6 Å². The van der Waals surface area contributed by atoms with Gasteiger partial charge in [0.1, 0.15) is 0 Å².